The molecule has 0 bridgehead atoms. The maximum atomic E-state index is 12.9. The van der Waals surface area contributed by atoms with Gasteiger partial charge in [-0.15, -0.1) is 0 Å². The number of benzene rings is 3. The van der Waals surface area contributed by atoms with E-state index < -0.39 is 35.3 Å². The van der Waals surface area contributed by atoms with Gasteiger partial charge in [-0.3, -0.25) is 19.3 Å². The second-order valence-electron chi connectivity index (χ2n) is 8.33. The molecule has 1 saturated heterocycles. The molecule has 1 fully saturated rings. The molecule has 13 heteroatoms. The first kappa shape index (κ1) is 29.7. The number of carbonyl (C=O) groups excluding carboxylic acids is 3. The molecule has 0 radical (unpaired) electrons. The number of methoxy groups -OCH3 is 1. The Morgan fingerprint density at radius 3 is 2.45 bits per heavy atom. The molecule has 1 aliphatic rings. The van der Waals surface area contributed by atoms with Crippen molar-refractivity contribution in [1.82, 2.24) is 4.90 Å². The van der Waals surface area contributed by atoms with Crippen LogP contribution in [-0.2, 0) is 22.4 Å². The van der Waals surface area contributed by atoms with E-state index in [-0.39, 0.29) is 17.2 Å². The van der Waals surface area contributed by atoms with Crippen molar-refractivity contribution in [2.75, 3.05) is 19.0 Å². The van der Waals surface area contributed by atoms with E-state index in [4.69, 9.17) is 9.47 Å². The van der Waals surface area contributed by atoms with Gasteiger partial charge in [-0.1, -0.05) is 50.1 Å². The standard InChI is InChI=1S/C27H19Br2F3N2O5S/c1-38-21-9-16(20(29)12-22(21)39-14-15-5-7-18(28)8-6-15)10-23-25(36)34(26(37)40-23)13-24(35)33-19-4-2-3-17(11-19)27(30,31)32/h2-12H,13-14H2,1H3,(H,33,35)/b23-10-. The lowest BCUT2D eigenvalue weighted by atomic mass is 10.1. The van der Waals surface area contributed by atoms with Gasteiger partial charge in [0.25, 0.3) is 11.1 Å². The molecule has 0 aliphatic carbocycles. The summed E-state index contributed by atoms with van der Waals surface area (Å²) in [4.78, 5) is 38.6. The van der Waals surface area contributed by atoms with Gasteiger partial charge in [0.05, 0.1) is 17.6 Å². The summed E-state index contributed by atoms with van der Waals surface area (Å²) < 4.78 is 51.7. The van der Waals surface area contributed by atoms with Gasteiger partial charge in [0.15, 0.2) is 11.5 Å². The van der Waals surface area contributed by atoms with Crippen LogP contribution < -0.4 is 14.8 Å². The Bertz CT molecular complexity index is 1500. The molecule has 7 nitrogen and oxygen atoms in total. The number of halogens is 5. The number of ether oxygens (including phenoxy) is 2. The summed E-state index contributed by atoms with van der Waals surface area (Å²) in [6.07, 6.45) is -3.11. The Morgan fingerprint density at radius 2 is 1.77 bits per heavy atom. The lowest BCUT2D eigenvalue weighted by Gasteiger charge is -2.14. The van der Waals surface area contributed by atoms with Crippen LogP contribution in [0.25, 0.3) is 6.08 Å². The topological polar surface area (TPSA) is 84.9 Å². The van der Waals surface area contributed by atoms with Crippen molar-refractivity contribution in [3.05, 3.63) is 91.2 Å². The summed E-state index contributed by atoms with van der Waals surface area (Å²) in [5.41, 5.74) is 0.411. The Morgan fingerprint density at radius 1 is 1.05 bits per heavy atom. The van der Waals surface area contributed by atoms with Gasteiger partial charge in [-0.2, -0.15) is 13.2 Å². The van der Waals surface area contributed by atoms with E-state index in [9.17, 15) is 27.6 Å². The number of anilines is 1. The van der Waals surface area contributed by atoms with Crippen molar-refractivity contribution in [1.29, 1.82) is 0 Å². The summed E-state index contributed by atoms with van der Waals surface area (Å²) in [5.74, 6) is -0.686. The molecule has 40 heavy (non-hydrogen) atoms. The van der Waals surface area contributed by atoms with E-state index in [2.05, 4.69) is 37.2 Å². The Hall–Kier alpha value is -3.29. The molecular weight excluding hydrogens is 681 g/mol. The third kappa shape index (κ3) is 7.26. The van der Waals surface area contributed by atoms with Crippen LogP contribution in [0.5, 0.6) is 11.5 Å². The molecule has 0 spiro atoms. The third-order valence-electron chi connectivity index (χ3n) is 5.53. The molecule has 3 amide bonds. The number of alkyl halides is 3. The third-order valence-corrected chi connectivity index (χ3v) is 7.65. The van der Waals surface area contributed by atoms with Crippen LogP contribution in [-0.4, -0.2) is 35.6 Å². The number of thioether (sulfide) groups is 1. The van der Waals surface area contributed by atoms with Gasteiger partial charge in [0.2, 0.25) is 5.91 Å². The van der Waals surface area contributed by atoms with E-state index in [0.29, 0.717) is 33.3 Å². The second-order valence-corrected chi connectivity index (χ2v) is 11.1. The first-order chi connectivity index (χ1) is 18.9. The Balaban J connectivity index is 1.45. The molecule has 1 heterocycles. The van der Waals surface area contributed by atoms with Crippen LogP contribution in [0.15, 0.2) is 74.5 Å². The van der Waals surface area contributed by atoms with Crippen LogP contribution >= 0.6 is 43.6 Å². The number of nitrogens with one attached hydrogen (secondary N) is 1. The van der Waals surface area contributed by atoms with Gasteiger partial charge in [0.1, 0.15) is 13.2 Å². The average Bonchev–Trinajstić information content (AvgIpc) is 3.16. The number of rotatable bonds is 8. The minimum atomic E-state index is -4.58. The summed E-state index contributed by atoms with van der Waals surface area (Å²) in [6.45, 7) is -0.373. The predicted octanol–water partition coefficient (Wildman–Crippen LogP) is 7.49. The maximum absolute atomic E-state index is 12.9. The fourth-order valence-electron chi connectivity index (χ4n) is 3.57. The zero-order valence-electron chi connectivity index (χ0n) is 20.6. The quantitative estimate of drug-likeness (QED) is 0.245. The minimum Gasteiger partial charge on any atom is -0.493 e. The van der Waals surface area contributed by atoms with E-state index in [0.717, 1.165) is 33.1 Å². The van der Waals surface area contributed by atoms with Crippen molar-refractivity contribution < 1.29 is 37.0 Å². The van der Waals surface area contributed by atoms with E-state index in [1.165, 1.54) is 19.3 Å². The van der Waals surface area contributed by atoms with Gasteiger partial charge in [-0.25, -0.2) is 0 Å². The maximum Gasteiger partial charge on any atom is 0.416 e. The molecule has 3 aromatic rings. The van der Waals surface area contributed by atoms with Crippen LogP contribution in [0.1, 0.15) is 16.7 Å². The smallest absolute Gasteiger partial charge is 0.416 e. The van der Waals surface area contributed by atoms with Gasteiger partial charge in [0, 0.05) is 14.6 Å². The van der Waals surface area contributed by atoms with Gasteiger partial charge < -0.3 is 14.8 Å². The molecule has 0 atom stereocenters. The molecule has 0 aromatic heterocycles. The van der Waals surface area contributed by atoms with Crippen LogP contribution in [0.2, 0.25) is 0 Å². The van der Waals surface area contributed by atoms with Gasteiger partial charge in [-0.05, 0) is 71.4 Å². The second kappa shape index (κ2) is 12.5. The summed E-state index contributed by atoms with van der Waals surface area (Å²) >= 11 is 7.48. The molecule has 0 saturated carbocycles. The first-order valence-electron chi connectivity index (χ1n) is 11.4. The summed E-state index contributed by atoms with van der Waals surface area (Å²) in [7, 11) is 1.47. The fraction of sp³-hybridized carbons (Fsp3) is 0.148. The van der Waals surface area contributed by atoms with Gasteiger partial charge >= 0.3 is 6.18 Å². The van der Waals surface area contributed by atoms with Crippen molar-refractivity contribution in [2.45, 2.75) is 12.8 Å². The fourth-order valence-corrected chi connectivity index (χ4v) is 5.10. The number of carbonyl (C=O) groups is 3. The molecule has 1 N–H and O–H groups in total. The van der Waals surface area contributed by atoms with Crippen molar-refractivity contribution in [3.8, 4) is 11.5 Å². The highest BCUT2D eigenvalue weighted by atomic mass is 79.9. The summed E-state index contributed by atoms with van der Waals surface area (Å²) in [6, 6.07) is 15.0. The van der Waals surface area contributed by atoms with E-state index in [1.807, 2.05) is 24.3 Å². The molecule has 1 aliphatic heterocycles. The normalized spacial score (nSPS) is 14.6. The monoisotopic (exact) mass is 698 g/mol. The van der Waals surface area contributed by atoms with Crippen LogP contribution in [0.4, 0.5) is 23.7 Å². The SMILES string of the molecule is COc1cc(/C=C2\SC(=O)N(CC(=O)Nc3cccc(C(F)(F)F)c3)C2=O)c(Br)cc1OCc1ccc(Br)cc1. The minimum absolute atomic E-state index is 0.0585. The number of hydrogen-bond donors (Lipinski definition) is 1. The van der Waals surface area contributed by atoms with Crippen molar-refractivity contribution in [2.24, 2.45) is 0 Å². The number of hydrogen-bond acceptors (Lipinski definition) is 6. The van der Waals surface area contributed by atoms with E-state index >= 15 is 0 Å². The lowest BCUT2D eigenvalue weighted by molar-refractivity contribution is -0.137. The van der Waals surface area contributed by atoms with Crippen LogP contribution in [0.3, 0.4) is 0 Å². The Kier molecular flexibility index (Phi) is 9.26. The predicted molar refractivity (Wildman–Crippen MR) is 152 cm³/mol. The Labute approximate surface area is 248 Å². The molecule has 4 rings (SSSR count). The highest BCUT2D eigenvalue weighted by Gasteiger charge is 2.37. The molecular formula is C27H19Br2F3N2O5S. The van der Waals surface area contributed by atoms with E-state index in [1.54, 1.807) is 12.1 Å². The highest BCUT2D eigenvalue weighted by molar-refractivity contribution is 9.10. The van der Waals surface area contributed by atoms with Crippen molar-refractivity contribution >= 4 is 72.4 Å². The average molecular weight is 700 g/mol. The zero-order valence-corrected chi connectivity index (χ0v) is 24.5. The number of amides is 3. The molecule has 3 aromatic carbocycles. The molecule has 0 unspecified atom stereocenters. The number of imide groups is 1. The summed E-state index contributed by atoms with van der Waals surface area (Å²) in [5, 5.41) is 1.60. The van der Waals surface area contributed by atoms with Crippen LogP contribution in [0, 0.1) is 0 Å². The number of nitrogens with zero attached hydrogens (tertiary/aromatic N) is 1. The first-order valence-corrected chi connectivity index (χ1v) is 13.8. The zero-order chi connectivity index (χ0) is 29.0. The molecule has 208 valence electrons. The lowest BCUT2D eigenvalue weighted by Crippen LogP contribution is -2.36. The largest absolute Gasteiger partial charge is 0.493 e. The van der Waals surface area contributed by atoms with Crippen molar-refractivity contribution in [3.63, 3.8) is 0 Å². The highest BCUT2D eigenvalue weighted by Crippen LogP contribution is 2.38.